The number of carboxylic acids is 1. The number of hydrogen-bond donors (Lipinski definition) is 2. The van der Waals surface area contributed by atoms with Gasteiger partial charge in [-0.3, -0.25) is 0 Å². The fourth-order valence-corrected chi connectivity index (χ4v) is 1.56. The SMILES string of the molecule is CC(CCc1ccccc1)NC/C=C/C(=O)O. The Hall–Kier alpha value is -1.61. The molecule has 1 aromatic carbocycles. The highest BCUT2D eigenvalue weighted by molar-refractivity contribution is 5.79. The van der Waals surface area contributed by atoms with E-state index in [1.807, 2.05) is 18.2 Å². The van der Waals surface area contributed by atoms with Crippen LogP contribution in [0.25, 0.3) is 0 Å². The lowest BCUT2D eigenvalue weighted by Gasteiger charge is -2.11. The van der Waals surface area contributed by atoms with Crippen LogP contribution < -0.4 is 5.32 Å². The molecule has 0 aromatic heterocycles. The topological polar surface area (TPSA) is 49.3 Å². The van der Waals surface area contributed by atoms with Gasteiger partial charge in [0.15, 0.2) is 0 Å². The Kier molecular flexibility index (Phi) is 6.04. The number of carbonyl (C=O) groups is 1. The smallest absolute Gasteiger partial charge is 0.328 e. The predicted molar refractivity (Wildman–Crippen MR) is 69.0 cm³/mol. The summed E-state index contributed by atoms with van der Waals surface area (Å²) in [7, 11) is 0. The minimum Gasteiger partial charge on any atom is -0.478 e. The van der Waals surface area contributed by atoms with Crippen LogP contribution in [-0.4, -0.2) is 23.7 Å². The Morgan fingerprint density at radius 2 is 2.12 bits per heavy atom. The number of aliphatic carboxylic acids is 1. The van der Waals surface area contributed by atoms with Gasteiger partial charge in [0.2, 0.25) is 0 Å². The van der Waals surface area contributed by atoms with Crippen molar-refractivity contribution in [3.8, 4) is 0 Å². The molecular weight excluding hydrogens is 214 g/mol. The van der Waals surface area contributed by atoms with Crippen molar-refractivity contribution in [1.82, 2.24) is 5.32 Å². The van der Waals surface area contributed by atoms with E-state index in [1.54, 1.807) is 6.08 Å². The molecule has 0 saturated carbocycles. The van der Waals surface area contributed by atoms with E-state index in [0.717, 1.165) is 18.9 Å². The second-order valence-corrected chi connectivity index (χ2v) is 4.07. The van der Waals surface area contributed by atoms with Gasteiger partial charge in [-0.25, -0.2) is 4.79 Å². The molecule has 1 aromatic rings. The standard InChI is InChI=1S/C14H19NO2/c1-12(15-11-5-8-14(16)17)9-10-13-6-3-2-4-7-13/h2-8,12,15H,9-11H2,1H3,(H,16,17)/b8-5+. The summed E-state index contributed by atoms with van der Waals surface area (Å²) < 4.78 is 0. The van der Waals surface area contributed by atoms with Crippen molar-refractivity contribution < 1.29 is 9.90 Å². The monoisotopic (exact) mass is 233 g/mol. The maximum atomic E-state index is 10.2. The summed E-state index contributed by atoms with van der Waals surface area (Å²) in [6, 6.07) is 10.7. The van der Waals surface area contributed by atoms with Crippen LogP contribution in [0, 0.1) is 0 Å². The van der Waals surface area contributed by atoms with E-state index in [1.165, 1.54) is 5.56 Å². The van der Waals surface area contributed by atoms with Gasteiger partial charge in [-0.15, -0.1) is 0 Å². The van der Waals surface area contributed by atoms with E-state index in [0.29, 0.717) is 12.6 Å². The van der Waals surface area contributed by atoms with Crippen molar-refractivity contribution in [1.29, 1.82) is 0 Å². The molecule has 3 heteroatoms. The first-order chi connectivity index (χ1) is 8.18. The number of rotatable bonds is 7. The van der Waals surface area contributed by atoms with Crippen LogP contribution in [0.1, 0.15) is 18.9 Å². The van der Waals surface area contributed by atoms with Gasteiger partial charge in [-0.1, -0.05) is 36.4 Å². The van der Waals surface area contributed by atoms with Crippen molar-refractivity contribution in [2.75, 3.05) is 6.54 Å². The van der Waals surface area contributed by atoms with Gasteiger partial charge in [0, 0.05) is 18.7 Å². The molecule has 0 spiro atoms. The van der Waals surface area contributed by atoms with Crippen LogP contribution in [0.4, 0.5) is 0 Å². The summed E-state index contributed by atoms with van der Waals surface area (Å²) in [6.07, 6.45) is 4.88. The van der Waals surface area contributed by atoms with Crippen LogP contribution in [0.5, 0.6) is 0 Å². The lowest BCUT2D eigenvalue weighted by atomic mass is 10.1. The average Bonchev–Trinajstić information content (AvgIpc) is 2.33. The highest BCUT2D eigenvalue weighted by Crippen LogP contribution is 2.04. The van der Waals surface area contributed by atoms with E-state index in [-0.39, 0.29) is 0 Å². The van der Waals surface area contributed by atoms with E-state index in [9.17, 15) is 4.79 Å². The van der Waals surface area contributed by atoms with E-state index in [4.69, 9.17) is 5.11 Å². The lowest BCUT2D eigenvalue weighted by Crippen LogP contribution is -2.26. The molecule has 1 unspecified atom stereocenters. The van der Waals surface area contributed by atoms with Gasteiger partial charge in [0.1, 0.15) is 0 Å². The largest absolute Gasteiger partial charge is 0.478 e. The zero-order valence-electron chi connectivity index (χ0n) is 10.1. The Morgan fingerprint density at radius 3 is 2.76 bits per heavy atom. The number of carboxylic acid groups (broad SMARTS) is 1. The molecule has 0 fully saturated rings. The average molecular weight is 233 g/mol. The molecule has 1 atom stereocenters. The minimum atomic E-state index is -0.899. The van der Waals surface area contributed by atoms with Crippen LogP contribution in [-0.2, 0) is 11.2 Å². The molecular formula is C14H19NO2. The summed E-state index contributed by atoms with van der Waals surface area (Å²) in [5.74, 6) is -0.899. The molecule has 17 heavy (non-hydrogen) atoms. The quantitative estimate of drug-likeness (QED) is 0.710. The van der Waals surface area contributed by atoms with Crippen LogP contribution >= 0.6 is 0 Å². The number of nitrogens with one attached hydrogen (secondary N) is 1. The van der Waals surface area contributed by atoms with Crippen molar-refractivity contribution in [2.45, 2.75) is 25.8 Å². The second kappa shape index (κ2) is 7.63. The zero-order valence-corrected chi connectivity index (χ0v) is 10.1. The van der Waals surface area contributed by atoms with Gasteiger partial charge in [0.05, 0.1) is 0 Å². The molecule has 0 radical (unpaired) electrons. The number of benzene rings is 1. The molecule has 2 N–H and O–H groups in total. The maximum absolute atomic E-state index is 10.2. The molecule has 0 heterocycles. The molecule has 0 bridgehead atoms. The summed E-state index contributed by atoms with van der Waals surface area (Å²) in [5, 5.41) is 11.7. The van der Waals surface area contributed by atoms with Crippen molar-refractivity contribution in [2.24, 2.45) is 0 Å². The van der Waals surface area contributed by atoms with Crippen LogP contribution in [0.2, 0.25) is 0 Å². The van der Waals surface area contributed by atoms with Crippen molar-refractivity contribution in [3.63, 3.8) is 0 Å². The van der Waals surface area contributed by atoms with Crippen molar-refractivity contribution >= 4 is 5.97 Å². The maximum Gasteiger partial charge on any atom is 0.328 e. The van der Waals surface area contributed by atoms with Gasteiger partial charge in [-0.2, -0.15) is 0 Å². The first kappa shape index (κ1) is 13.5. The minimum absolute atomic E-state index is 0.383. The van der Waals surface area contributed by atoms with Gasteiger partial charge < -0.3 is 10.4 Å². The Bertz CT molecular complexity index is 360. The Labute approximate surface area is 102 Å². The molecule has 1 rings (SSSR count). The molecule has 0 amide bonds. The van der Waals surface area contributed by atoms with E-state index in [2.05, 4.69) is 24.4 Å². The Morgan fingerprint density at radius 1 is 1.41 bits per heavy atom. The van der Waals surface area contributed by atoms with Crippen LogP contribution in [0.15, 0.2) is 42.5 Å². The van der Waals surface area contributed by atoms with Gasteiger partial charge in [0.25, 0.3) is 0 Å². The van der Waals surface area contributed by atoms with Gasteiger partial charge in [-0.05, 0) is 25.3 Å². The van der Waals surface area contributed by atoms with Gasteiger partial charge >= 0.3 is 5.97 Å². The third-order valence-corrected chi connectivity index (χ3v) is 2.55. The highest BCUT2D eigenvalue weighted by Gasteiger charge is 2.00. The fraction of sp³-hybridized carbons (Fsp3) is 0.357. The fourth-order valence-electron chi connectivity index (χ4n) is 1.56. The summed E-state index contributed by atoms with van der Waals surface area (Å²) in [4.78, 5) is 10.2. The molecule has 0 aliphatic carbocycles. The first-order valence-electron chi connectivity index (χ1n) is 5.85. The molecule has 0 saturated heterocycles. The summed E-state index contributed by atoms with van der Waals surface area (Å²) in [5.41, 5.74) is 1.34. The zero-order chi connectivity index (χ0) is 12.5. The summed E-state index contributed by atoms with van der Waals surface area (Å²) in [6.45, 7) is 2.71. The lowest BCUT2D eigenvalue weighted by molar-refractivity contribution is -0.131. The third kappa shape index (κ3) is 6.53. The summed E-state index contributed by atoms with van der Waals surface area (Å²) >= 11 is 0. The highest BCUT2D eigenvalue weighted by atomic mass is 16.4. The number of aryl methyl sites for hydroxylation is 1. The molecule has 0 aliphatic rings. The van der Waals surface area contributed by atoms with E-state index >= 15 is 0 Å². The van der Waals surface area contributed by atoms with Crippen molar-refractivity contribution in [3.05, 3.63) is 48.0 Å². The molecule has 3 nitrogen and oxygen atoms in total. The molecule has 0 aliphatic heterocycles. The second-order valence-electron chi connectivity index (χ2n) is 4.07. The predicted octanol–water partition coefficient (Wildman–Crippen LogP) is 2.24. The molecule has 92 valence electrons. The first-order valence-corrected chi connectivity index (χ1v) is 5.85. The van der Waals surface area contributed by atoms with Crippen LogP contribution in [0.3, 0.4) is 0 Å². The normalized spacial score (nSPS) is 12.8. The Balaban J connectivity index is 2.17. The van der Waals surface area contributed by atoms with E-state index < -0.39 is 5.97 Å². The number of hydrogen-bond acceptors (Lipinski definition) is 2. The third-order valence-electron chi connectivity index (χ3n) is 2.55.